The van der Waals surface area contributed by atoms with Gasteiger partial charge >= 0.3 is 0 Å². The van der Waals surface area contributed by atoms with Gasteiger partial charge < -0.3 is 11.1 Å². The molecule has 2 rings (SSSR count). The molecule has 0 aliphatic rings. The van der Waals surface area contributed by atoms with Crippen LogP contribution in [0.1, 0.15) is 17.0 Å². The van der Waals surface area contributed by atoms with Crippen molar-refractivity contribution in [3.05, 3.63) is 65.7 Å². The van der Waals surface area contributed by atoms with Crippen molar-refractivity contribution in [2.24, 2.45) is 5.73 Å². The van der Waals surface area contributed by atoms with E-state index in [0.29, 0.717) is 6.54 Å². The lowest BCUT2D eigenvalue weighted by Crippen LogP contribution is -2.27. The zero-order chi connectivity index (χ0) is 13.7. The van der Waals surface area contributed by atoms with Crippen LogP contribution in [0.2, 0.25) is 0 Å². The summed E-state index contributed by atoms with van der Waals surface area (Å²) in [6, 6.07) is 17.3. The molecule has 1 unspecified atom stereocenters. The molecule has 3 N–H and O–H groups in total. The Hall–Kier alpha value is -2.13. The Morgan fingerprint density at radius 1 is 1.16 bits per heavy atom. The second kappa shape index (κ2) is 6.16. The first-order valence-electron chi connectivity index (χ1n) is 6.33. The van der Waals surface area contributed by atoms with E-state index in [1.165, 1.54) is 0 Å². The molecule has 0 aliphatic carbocycles. The standard InChI is InChI=1S/C16H18N2O/c1-12-6-5-9-14(10-12)18-16(19)15(11-17)13-7-3-2-4-8-13/h2-10,15H,11,17H2,1H3,(H,18,19). The molecule has 0 heterocycles. The van der Waals surface area contributed by atoms with E-state index in [0.717, 1.165) is 16.8 Å². The molecule has 1 amide bonds. The van der Waals surface area contributed by atoms with Crippen molar-refractivity contribution in [3.63, 3.8) is 0 Å². The third-order valence-corrected chi connectivity index (χ3v) is 3.04. The Labute approximate surface area is 113 Å². The van der Waals surface area contributed by atoms with Gasteiger partial charge in [0.1, 0.15) is 0 Å². The number of carbonyl (C=O) groups is 1. The Balaban J connectivity index is 2.14. The van der Waals surface area contributed by atoms with E-state index in [1.807, 2.05) is 61.5 Å². The van der Waals surface area contributed by atoms with Crippen LogP contribution in [0, 0.1) is 6.92 Å². The van der Waals surface area contributed by atoms with Crippen LogP contribution in [0.3, 0.4) is 0 Å². The second-order valence-electron chi connectivity index (χ2n) is 4.56. The van der Waals surface area contributed by atoms with E-state index in [1.54, 1.807) is 0 Å². The van der Waals surface area contributed by atoms with Gasteiger partial charge in [0.05, 0.1) is 5.92 Å². The summed E-state index contributed by atoms with van der Waals surface area (Å²) in [5.41, 5.74) is 8.59. The number of carbonyl (C=O) groups excluding carboxylic acids is 1. The summed E-state index contributed by atoms with van der Waals surface area (Å²) >= 11 is 0. The van der Waals surface area contributed by atoms with Gasteiger partial charge in [-0.3, -0.25) is 4.79 Å². The molecule has 0 spiro atoms. The highest BCUT2D eigenvalue weighted by atomic mass is 16.1. The topological polar surface area (TPSA) is 55.1 Å². The van der Waals surface area contributed by atoms with Crippen molar-refractivity contribution in [3.8, 4) is 0 Å². The molecule has 3 heteroatoms. The fourth-order valence-corrected chi connectivity index (χ4v) is 2.03. The average molecular weight is 254 g/mol. The summed E-state index contributed by atoms with van der Waals surface area (Å²) in [4.78, 5) is 12.3. The maximum absolute atomic E-state index is 12.3. The second-order valence-corrected chi connectivity index (χ2v) is 4.56. The minimum absolute atomic E-state index is 0.0701. The summed E-state index contributed by atoms with van der Waals surface area (Å²) < 4.78 is 0. The molecule has 0 fully saturated rings. The summed E-state index contributed by atoms with van der Waals surface area (Å²) in [7, 11) is 0. The number of amides is 1. The van der Waals surface area contributed by atoms with Crippen LogP contribution >= 0.6 is 0 Å². The molecule has 0 aliphatic heterocycles. The summed E-state index contributed by atoms with van der Waals surface area (Å²) in [6.07, 6.45) is 0. The Morgan fingerprint density at radius 2 is 1.89 bits per heavy atom. The molecular formula is C16H18N2O. The highest BCUT2D eigenvalue weighted by Crippen LogP contribution is 2.17. The highest BCUT2D eigenvalue weighted by molar-refractivity contribution is 5.96. The number of nitrogens with two attached hydrogens (primary N) is 1. The smallest absolute Gasteiger partial charge is 0.233 e. The first-order valence-corrected chi connectivity index (χ1v) is 6.33. The Bertz CT molecular complexity index is 552. The molecule has 98 valence electrons. The number of hydrogen-bond donors (Lipinski definition) is 2. The van der Waals surface area contributed by atoms with Gasteiger partial charge in [-0.1, -0.05) is 42.5 Å². The lowest BCUT2D eigenvalue weighted by molar-refractivity contribution is -0.117. The quantitative estimate of drug-likeness (QED) is 0.881. The van der Waals surface area contributed by atoms with Crippen LogP contribution in [-0.4, -0.2) is 12.5 Å². The lowest BCUT2D eigenvalue weighted by Gasteiger charge is -2.15. The van der Waals surface area contributed by atoms with Gasteiger partial charge in [0.15, 0.2) is 0 Å². The molecule has 3 nitrogen and oxygen atoms in total. The van der Waals surface area contributed by atoms with Crippen molar-refractivity contribution >= 4 is 11.6 Å². The summed E-state index contributed by atoms with van der Waals surface area (Å²) in [6.45, 7) is 2.29. The predicted molar refractivity (Wildman–Crippen MR) is 78.0 cm³/mol. The van der Waals surface area contributed by atoms with Gasteiger partial charge in [-0.2, -0.15) is 0 Å². The number of rotatable bonds is 4. The largest absolute Gasteiger partial charge is 0.329 e. The molecular weight excluding hydrogens is 236 g/mol. The molecule has 0 aromatic heterocycles. The van der Waals surface area contributed by atoms with Crippen molar-refractivity contribution < 1.29 is 4.79 Å². The van der Waals surface area contributed by atoms with Crippen molar-refractivity contribution in [1.82, 2.24) is 0 Å². The zero-order valence-electron chi connectivity index (χ0n) is 11.0. The third kappa shape index (κ3) is 3.42. The fourth-order valence-electron chi connectivity index (χ4n) is 2.03. The summed E-state index contributed by atoms with van der Waals surface area (Å²) in [5, 5.41) is 2.91. The van der Waals surface area contributed by atoms with Gasteiger partial charge in [-0.05, 0) is 30.2 Å². The maximum Gasteiger partial charge on any atom is 0.233 e. The Kier molecular flexibility index (Phi) is 4.31. The molecule has 0 saturated heterocycles. The molecule has 0 bridgehead atoms. The summed E-state index contributed by atoms with van der Waals surface area (Å²) in [5.74, 6) is -0.388. The molecule has 0 radical (unpaired) electrons. The van der Waals surface area contributed by atoms with Crippen molar-refractivity contribution in [2.75, 3.05) is 11.9 Å². The first-order chi connectivity index (χ1) is 9.20. The maximum atomic E-state index is 12.3. The van der Waals surface area contributed by atoms with E-state index in [2.05, 4.69) is 5.32 Å². The number of hydrogen-bond acceptors (Lipinski definition) is 2. The third-order valence-electron chi connectivity index (χ3n) is 3.04. The number of nitrogens with one attached hydrogen (secondary N) is 1. The van der Waals surface area contributed by atoms with Gasteiger partial charge in [0, 0.05) is 12.2 Å². The van der Waals surface area contributed by atoms with E-state index < -0.39 is 0 Å². The average Bonchev–Trinajstić information content (AvgIpc) is 2.41. The number of benzene rings is 2. The first kappa shape index (κ1) is 13.3. The fraction of sp³-hybridized carbons (Fsp3) is 0.188. The van der Waals surface area contributed by atoms with E-state index >= 15 is 0 Å². The predicted octanol–water partition coefficient (Wildman–Crippen LogP) is 2.68. The number of aryl methyl sites for hydroxylation is 1. The molecule has 2 aromatic rings. The van der Waals surface area contributed by atoms with E-state index in [4.69, 9.17) is 5.73 Å². The monoisotopic (exact) mass is 254 g/mol. The molecule has 1 atom stereocenters. The number of anilines is 1. The minimum atomic E-state index is -0.318. The Morgan fingerprint density at radius 3 is 2.53 bits per heavy atom. The lowest BCUT2D eigenvalue weighted by atomic mass is 9.98. The minimum Gasteiger partial charge on any atom is -0.329 e. The van der Waals surface area contributed by atoms with Crippen LogP contribution in [0.25, 0.3) is 0 Å². The molecule has 0 saturated carbocycles. The van der Waals surface area contributed by atoms with Crippen LogP contribution in [0.5, 0.6) is 0 Å². The van der Waals surface area contributed by atoms with Gasteiger partial charge in [-0.25, -0.2) is 0 Å². The zero-order valence-corrected chi connectivity index (χ0v) is 11.0. The van der Waals surface area contributed by atoms with Crippen LogP contribution in [-0.2, 0) is 4.79 Å². The van der Waals surface area contributed by atoms with Crippen LogP contribution in [0.15, 0.2) is 54.6 Å². The van der Waals surface area contributed by atoms with Crippen LogP contribution < -0.4 is 11.1 Å². The molecule has 19 heavy (non-hydrogen) atoms. The normalized spacial score (nSPS) is 11.9. The van der Waals surface area contributed by atoms with Crippen molar-refractivity contribution in [1.29, 1.82) is 0 Å². The molecule has 2 aromatic carbocycles. The van der Waals surface area contributed by atoms with Crippen molar-refractivity contribution in [2.45, 2.75) is 12.8 Å². The SMILES string of the molecule is Cc1cccc(NC(=O)C(CN)c2ccccc2)c1. The van der Waals surface area contributed by atoms with Crippen LogP contribution in [0.4, 0.5) is 5.69 Å². The van der Waals surface area contributed by atoms with Gasteiger partial charge in [0.25, 0.3) is 0 Å². The van der Waals surface area contributed by atoms with Gasteiger partial charge in [-0.15, -0.1) is 0 Å². The van der Waals surface area contributed by atoms with E-state index in [-0.39, 0.29) is 11.8 Å². The highest BCUT2D eigenvalue weighted by Gasteiger charge is 2.18. The van der Waals surface area contributed by atoms with E-state index in [9.17, 15) is 4.79 Å². The van der Waals surface area contributed by atoms with Gasteiger partial charge in [0.2, 0.25) is 5.91 Å².